The highest BCUT2D eigenvalue weighted by Gasteiger charge is 2.18. The summed E-state index contributed by atoms with van der Waals surface area (Å²) in [5.74, 6) is 0. The lowest BCUT2D eigenvalue weighted by Crippen LogP contribution is -2.24. The van der Waals surface area contributed by atoms with E-state index in [1.807, 2.05) is 11.3 Å². The van der Waals surface area contributed by atoms with Crippen molar-refractivity contribution in [3.8, 4) is 0 Å². The molecule has 0 radical (unpaired) electrons. The van der Waals surface area contributed by atoms with Gasteiger partial charge in [-0.1, -0.05) is 48.5 Å². The van der Waals surface area contributed by atoms with Gasteiger partial charge < -0.3 is 9.80 Å². The second-order valence-electron chi connectivity index (χ2n) is 5.97. The van der Waals surface area contributed by atoms with Crippen molar-refractivity contribution in [3.05, 3.63) is 85.2 Å². The second kappa shape index (κ2) is 5.39. The number of hydrogen-bond donors (Lipinski definition) is 0. The van der Waals surface area contributed by atoms with Crippen molar-refractivity contribution in [2.75, 3.05) is 16.5 Å². The van der Waals surface area contributed by atoms with E-state index in [0.29, 0.717) is 0 Å². The second-order valence-corrected chi connectivity index (χ2v) is 7.02. The monoisotopic (exact) mass is 328 g/mol. The van der Waals surface area contributed by atoms with E-state index < -0.39 is 0 Å². The molecular formula is C21H16N2S. The zero-order chi connectivity index (χ0) is 15.9. The van der Waals surface area contributed by atoms with Crippen LogP contribution in [0.1, 0.15) is 0 Å². The number of thiophene rings is 1. The number of fused-ring (bicyclic) bond motifs is 3. The fourth-order valence-corrected chi connectivity index (χ4v) is 4.55. The fraction of sp³-hybridized carbons (Fsp3) is 0.0476. The average Bonchev–Trinajstić information content (AvgIpc) is 3.27. The van der Waals surface area contributed by atoms with Gasteiger partial charge in [-0.3, -0.25) is 0 Å². The minimum absolute atomic E-state index is 0.845. The van der Waals surface area contributed by atoms with Gasteiger partial charge in [-0.05, 0) is 24.3 Å². The van der Waals surface area contributed by atoms with Gasteiger partial charge in [-0.25, -0.2) is 0 Å². The molecule has 1 aliphatic heterocycles. The summed E-state index contributed by atoms with van der Waals surface area (Å²) < 4.78 is 2.71. The van der Waals surface area contributed by atoms with E-state index in [2.05, 4.69) is 95.0 Å². The molecular weight excluding hydrogens is 312 g/mol. The lowest BCUT2D eigenvalue weighted by atomic mass is 10.1. The summed E-state index contributed by atoms with van der Waals surface area (Å²) in [6, 6.07) is 25.8. The largest absolute Gasteiger partial charge is 0.328 e. The van der Waals surface area contributed by atoms with Crippen molar-refractivity contribution in [1.82, 2.24) is 0 Å². The number of hydrogen-bond acceptors (Lipinski definition) is 3. The topological polar surface area (TPSA) is 6.48 Å². The number of para-hydroxylation sites is 1. The number of rotatable bonds is 2. The summed E-state index contributed by atoms with van der Waals surface area (Å²) in [4.78, 5) is 4.59. The van der Waals surface area contributed by atoms with Gasteiger partial charge in [-0.2, -0.15) is 0 Å². The van der Waals surface area contributed by atoms with Crippen LogP contribution in [0.5, 0.6) is 0 Å². The number of benzene rings is 3. The lowest BCUT2D eigenvalue weighted by molar-refractivity contribution is 0.980. The van der Waals surface area contributed by atoms with E-state index in [-0.39, 0.29) is 0 Å². The van der Waals surface area contributed by atoms with Crippen molar-refractivity contribution >= 4 is 42.9 Å². The fourth-order valence-electron chi connectivity index (χ4n) is 3.32. The summed E-state index contributed by atoms with van der Waals surface area (Å²) >= 11 is 1.88. The van der Waals surface area contributed by atoms with Gasteiger partial charge in [0.25, 0.3) is 0 Å². The Balaban J connectivity index is 1.57. The van der Waals surface area contributed by atoms with Gasteiger partial charge in [0.2, 0.25) is 0 Å². The van der Waals surface area contributed by atoms with Crippen LogP contribution in [0, 0.1) is 0 Å². The molecule has 0 saturated carbocycles. The van der Waals surface area contributed by atoms with E-state index in [0.717, 1.165) is 6.67 Å². The van der Waals surface area contributed by atoms with Gasteiger partial charge >= 0.3 is 0 Å². The van der Waals surface area contributed by atoms with E-state index in [1.165, 1.54) is 31.5 Å². The third-order valence-corrected chi connectivity index (χ3v) is 5.72. The van der Waals surface area contributed by atoms with Crippen LogP contribution < -0.4 is 9.80 Å². The molecule has 0 bridgehead atoms. The van der Waals surface area contributed by atoms with Crippen molar-refractivity contribution in [2.45, 2.75) is 0 Å². The van der Waals surface area contributed by atoms with Crippen LogP contribution in [0.3, 0.4) is 0 Å². The maximum absolute atomic E-state index is 2.32. The van der Waals surface area contributed by atoms with Crippen molar-refractivity contribution in [2.24, 2.45) is 0 Å². The van der Waals surface area contributed by atoms with Crippen molar-refractivity contribution in [1.29, 1.82) is 0 Å². The molecule has 1 aliphatic rings. The normalized spacial score (nSPS) is 14.2. The maximum atomic E-state index is 2.32. The van der Waals surface area contributed by atoms with Crippen LogP contribution in [-0.2, 0) is 0 Å². The van der Waals surface area contributed by atoms with Gasteiger partial charge in [0.15, 0.2) is 0 Å². The van der Waals surface area contributed by atoms with E-state index in [9.17, 15) is 0 Å². The quantitative estimate of drug-likeness (QED) is 0.458. The van der Waals surface area contributed by atoms with Crippen molar-refractivity contribution in [3.63, 3.8) is 0 Å². The highest BCUT2D eigenvalue weighted by atomic mass is 32.1. The molecule has 1 aromatic heterocycles. The predicted octanol–water partition coefficient (Wildman–Crippen LogP) is 5.81. The Morgan fingerprint density at radius 2 is 1.42 bits per heavy atom. The molecule has 0 saturated heterocycles. The minimum atomic E-state index is 0.845. The van der Waals surface area contributed by atoms with Crippen LogP contribution in [0.15, 0.2) is 85.2 Å². The van der Waals surface area contributed by atoms with Gasteiger partial charge in [0.05, 0.1) is 17.1 Å². The molecule has 0 N–H and O–H groups in total. The molecule has 0 amide bonds. The standard InChI is InChI=1S/C21H16N2S/c1-2-7-16(8-3-1)22-13-14-23(15-22)19-11-6-10-18-17-9-4-5-12-20(17)24-21(18)19/h1-14H,15H2. The molecule has 0 spiro atoms. The zero-order valence-corrected chi connectivity index (χ0v) is 13.9. The Bertz CT molecular complexity index is 1050. The van der Waals surface area contributed by atoms with Crippen LogP contribution >= 0.6 is 11.3 Å². The molecule has 4 aromatic rings. The van der Waals surface area contributed by atoms with Crippen LogP contribution in [0.25, 0.3) is 20.2 Å². The maximum Gasteiger partial charge on any atom is 0.0989 e. The summed E-state index contributed by atoms with van der Waals surface area (Å²) in [5.41, 5.74) is 2.50. The molecule has 0 atom stereocenters. The summed E-state index contributed by atoms with van der Waals surface area (Å²) in [6.07, 6.45) is 4.33. The Hall–Kier alpha value is -2.78. The molecule has 2 nitrogen and oxygen atoms in total. The first kappa shape index (κ1) is 13.6. The first-order chi connectivity index (χ1) is 11.9. The Kier molecular flexibility index (Phi) is 3.06. The van der Waals surface area contributed by atoms with Gasteiger partial charge in [-0.15, -0.1) is 11.3 Å². The first-order valence-corrected chi connectivity index (χ1v) is 8.89. The first-order valence-electron chi connectivity index (χ1n) is 8.07. The smallest absolute Gasteiger partial charge is 0.0989 e. The molecule has 24 heavy (non-hydrogen) atoms. The Morgan fingerprint density at radius 1 is 0.667 bits per heavy atom. The third-order valence-electron chi connectivity index (χ3n) is 4.51. The molecule has 2 heterocycles. The number of nitrogens with zero attached hydrogens (tertiary/aromatic N) is 2. The molecule has 5 rings (SSSR count). The van der Waals surface area contributed by atoms with E-state index in [1.54, 1.807) is 0 Å². The Labute approximate surface area is 144 Å². The van der Waals surface area contributed by atoms with E-state index in [4.69, 9.17) is 0 Å². The average molecular weight is 328 g/mol. The molecule has 0 fully saturated rings. The molecule has 0 unspecified atom stereocenters. The highest BCUT2D eigenvalue weighted by molar-refractivity contribution is 7.26. The SMILES string of the molecule is C1=CN(c2cccc3c2sc2ccccc23)CN1c1ccccc1. The summed E-state index contributed by atoms with van der Waals surface area (Å²) in [5, 5.41) is 2.70. The summed E-state index contributed by atoms with van der Waals surface area (Å²) in [6.45, 7) is 0.845. The minimum Gasteiger partial charge on any atom is -0.328 e. The van der Waals surface area contributed by atoms with Crippen molar-refractivity contribution < 1.29 is 0 Å². The van der Waals surface area contributed by atoms with Crippen LogP contribution in [0.4, 0.5) is 11.4 Å². The summed E-state index contributed by atoms with van der Waals surface area (Å²) in [7, 11) is 0. The lowest BCUT2D eigenvalue weighted by Gasteiger charge is -2.22. The molecule has 3 heteroatoms. The molecule has 3 aromatic carbocycles. The van der Waals surface area contributed by atoms with Gasteiger partial charge in [0.1, 0.15) is 0 Å². The molecule has 116 valence electrons. The highest BCUT2D eigenvalue weighted by Crippen LogP contribution is 2.40. The molecule has 0 aliphatic carbocycles. The van der Waals surface area contributed by atoms with Crippen LogP contribution in [-0.4, -0.2) is 6.67 Å². The van der Waals surface area contributed by atoms with Crippen LogP contribution in [0.2, 0.25) is 0 Å². The van der Waals surface area contributed by atoms with E-state index >= 15 is 0 Å². The predicted molar refractivity (Wildman–Crippen MR) is 105 cm³/mol. The third kappa shape index (κ3) is 2.09. The number of anilines is 2. The zero-order valence-electron chi connectivity index (χ0n) is 13.1. The Morgan fingerprint density at radius 3 is 2.33 bits per heavy atom. The van der Waals surface area contributed by atoms with Gasteiger partial charge in [0, 0.05) is 33.6 Å².